The summed E-state index contributed by atoms with van der Waals surface area (Å²) in [6, 6.07) is 7.80. The van der Waals surface area contributed by atoms with Gasteiger partial charge in [-0.25, -0.2) is 0 Å². The Morgan fingerprint density at radius 3 is 2.87 bits per heavy atom. The number of carbonyl (C=O) groups is 1. The Bertz CT molecular complexity index is 718. The van der Waals surface area contributed by atoms with Crippen LogP contribution < -0.4 is 5.32 Å². The molecule has 1 fully saturated rings. The van der Waals surface area contributed by atoms with E-state index < -0.39 is 5.54 Å². The van der Waals surface area contributed by atoms with Crippen LogP contribution in [-0.4, -0.2) is 46.6 Å². The summed E-state index contributed by atoms with van der Waals surface area (Å²) in [6.07, 6.45) is 0.605. The van der Waals surface area contributed by atoms with E-state index in [0.717, 1.165) is 11.3 Å². The van der Waals surface area contributed by atoms with Crippen LogP contribution in [0.4, 0.5) is 0 Å². The molecule has 1 aliphatic rings. The molecule has 3 rings (SSSR count). The quantitative estimate of drug-likeness (QED) is 0.799. The van der Waals surface area contributed by atoms with Crippen LogP contribution in [-0.2, 0) is 4.74 Å². The van der Waals surface area contributed by atoms with Gasteiger partial charge in [0.2, 0.25) is 0 Å². The molecule has 1 atom stereocenters. The predicted octanol–water partition coefficient (Wildman–Crippen LogP) is 1.57. The number of nitrogens with zero attached hydrogens (tertiary/aromatic N) is 1. The standard InChI is InChI=1S/C17H21N3O3/c1-11-3-4-13(7-12(11)2)14-8-15(20-19-14)16(22)18-17(9-21)5-6-23-10-17/h3-4,7-8,21H,5-6,9-10H2,1-2H3,(H,18,22)(H,19,20). The van der Waals surface area contributed by atoms with Crippen molar-refractivity contribution in [1.82, 2.24) is 15.5 Å². The van der Waals surface area contributed by atoms with E-state index in [1.165, 1.54) is 11.1 Å². The fourth-order valence-electron chi connectivity index (χ4n) is 2.66. The fraction of sp³-hybridized carbons (Fsp3) is 0.412. The monoisotopic (exact) mass is 315 g/mol. The molecule has 0 spiro atoms. The van der Waals surface area contributed by atoms with Gasteiger partial charge in [0.1, 0.15) is 5.69 Å². The number of aromatic nitrogens is 2. The smallest absolute Gasteiger partial charge is 0.269 e. The first-order chi connectivity index (χ1) is 11.0. The van der Waals surface area contributed by atoms with Gasteiger partial charge >= 0.3 is 0 Å². The molecule has 0 radical (unpaired) electrons. The maximum absolute atomic E-state index is 12.4. The molecule has 0 saturated carbocycles. The van der Waals surface area contributed by atoms with Gasteiger partial charge < -0.3 is 15.2 Å². The maximum atomic E-state index is 12.4. The van der Waals surface area contributed by atoms with E-state index in [1.807, 2.05) is 25.1 Å². The fourth-order valence-corrected chi connectivity index (χ4v) is 2.66. The first kappa shape index (κ1) is 15.7. The number of H-pyrrole nitrogens is 1. The number of ether oxygens (including phenoxy) is 1. The Labute approximate surface area is 134 Å². The second-order valence-electron chi connectivity index (χ2n) is 6.16. The molecule has 1 unspecified atom stereocenters. The lowest BCUT2D eigenvalue weighted by Gasteiger charge is -2.25. The summed E-state index contributed by atoms with van der Waals surface area (Å²) in [5.41, 5.74) is 3.76. The van der Waals surface area contributed by atoms with Crippen LogP contribution in [0.5, 0.6) is 0 Å². The van der Waals surface area contributed by atoms with Gasteiger partial charge in [-0.1, -0.05) is 12.1 Å². The molecule has 1 amide bonds. The molecule has 6 heteroatoms. The third kappa shape index (κ3) is 3.13. The molecule has 0 bridgehead atoms. The van der Waals surface area contributed by atoms with Crippen LogP contribution in [0.2, 0.25) is 0 Å². The molecule has 23 heavy (non-hydrogen) atoms. The summed E-state index contributed by atoms with van der Waals surface area (Å²) in [5.74, 6) is -0.285. The van der Waals surface area contributed by atoms with Gasteiger partial charge in [-0.05, 0) is 43.5 Å². The van der Waals surface area contributed by atoms with Crippen molar-refractivity contribution in [3.05, 3.63) is 41.1 Å². The molecule has 1 aromatic heterocycles. The summed E-state index contributed by atoms with van der Waals surface area (Å²) < 4.78 is 5.29. The van der Waals surface area contributed by atoms with Crippen LogP contribution in [0.3, 0.4) is 0 Å². The summed E-state index contributed by atoms with van der Waals surface area (Å²) in [4.78, 5) is 12.4. The van der Waals surface area contributed by atoms with E-state index in [-0.39, 0.29) is 12.5 Å². The summed E-state index contributed by atoms with van der Waals surface area (Å²) in [5, 5.41) is 19.4. The van der Waals surface area contributed by atoms with E-state index in [4.69, 9.17) is 4.74 Å². The number of amides is 1. The molecule has 1 aromatic carbocycles. The molecule has 1 aliphatic heterocycles. The number of benzene rings is 1. The number of hydrogen-bond acceptors (Lipinski definition) is 4. The minimum absolute atomic E-state index is 0.142. The minimum atomic E-state index is -0.692. The molecule has 1 saturated heterocycles. The number of rotatable bonds is 4. The van der Waals surface area contributed by atoms with Crippen molar-refractivity contribution in [3.8, 4) is 11.3 Å². The van der Waals surface area contributed by atoms with E-state index in [1.54, 1.807) is 6.07 Å². The van der Waals surface area contributed by atoms with Gasteiger partial charge in [0.05, 0.1) is 24.4 Å². The zero-order valence-corrected chi connectivity index (χ0v) is 13.3. The van der Waals surface area contributed by atoms with E-state index in [0.29, 0.717) is 25.3 Å². The SMILES string of the molecule is Cc1ccc(-c2cc(C(=O)NC3(CO)CCOC3)[nH]n2)cc1C. The van der Waals surface area contributed by atoms with Gasteiger partial charge in [-0.3, -0.25) is 9.89 Å². The van der Waals surface area contributed by atoms with Crippen molar-refractivity contribution >= 4 is 5.91 Å². The Morgan fingerprint density at radius 1 is 1.39 bits per heavy atom. The highest BCUT2D eigenvalue weighted by Gasteiger charge is 2.36. The topological polar surface area (TPSA) is 87.2 Å². The number of aryl methyl sites for hydroxylation is 2. The minimum Gasteiger partial charge on any atom is -0.394 e. The molecular weight excluding hydrogens is 294 g/mol. The van der Waals surface area contributed by atoms with E-state index in [9.17, 15) is 9.90 Å². The molecule has 122 valence electrons. The lowest BCUT2D eigenvalue weighted by Crippen LogP contribution is -2.52. The van der Waals surface area contributed by atoms with E-state index >= 15 is 0 Å². The van der Waals surface area contributed by atoms with Gasteiger partial charge in [-0.2, -0.15) is 5.10 Å². The highest BCUT2D eigenvalue weighted by molar-refractivity contribution is 5.94. The normalized spacial score (nSPS) is 20.7. The van der Waals surface area contributed by atoms with Crippen LogP contribution in [0.25, 0.3) is 11.3 Å². The summed E-state index contributed by atoms with van der Waals surface area (Å²) >= 11 is 0. The zero-order chi connectivity index (χ0) is 16.4. The second kappa shape index (κ2) is 6.14. The highest BCUT2D eigenvalue weighted by atomic mass is 16.5. The van der Waals surface area contributed by atoms with Crippen molar-refractivity contribution in [2.75, 3.05) is 19.8 Å². The molecule has 2 aromatic rings. The van der Waals surface area contributed by atoms with Gasteiger partial charge in [0.25, 0.3) is 5.91 Å². The van der Waals surface area contributed by atoms with Crippen molar-refractivity contribution in [3.63, 3.8) is 0 Å². The Hall–Kier alpha value is -2.18. The number of aromatic amines is 1. The summed E-state index contributed by atoms with van der Waals surface area (Å²) in [7, 11) is 0. The van der Waals surface area contributed by atoms with Gasteiger partial charge in [0, 0.05) is 12.2 Å². The third-order valence-corrected chi connectivity index (χ3v) is 4.41. The predicted molar refractivity (Wildman–Crippen MR) is 86.2 cm³/mol. The van der Waals surface area contributed by atoms with Gasteiger partial charge in [0.15, 0.2) is 0 Å². The van der Waals surface area contributed by atoms with Crippen molar-refractivity contribution in [1.29, 1.82) is 0 Å². The number of aliphatic hydroxyl groups excluding tert-OH is 1. The third-order valence-electron chi connectivity index (χ3n) is 4.41. The van der Waals surface area contributed by atoms with Crippen molar-refractivity contribution < 1.29 is 14.6 Å². The van der Waals surface area contributed by atoms with Crippen LogP contribution >= 0.6 is 0 Å². The Morgan fingerprint density at radius 2 is 2.22 bits per heavy atom. The largest absolute Gasteiger partial charge is 0.394 e. The average Bonchev–Trinajstić information content (AvgIpc) is 3.20. The maximum Gasteiger partial charge on any atom is 0.269 e. The van der Waals surface area contributed by atoms with Crippen LogP contribution in [0.15, 0.2) is 24.3 Å². The molecule has 3 N–H and O–H groups in total. The first-order valence-corrected chi connectivity index (χ1v) is 7.67. The lowest BCUT2D eigenvalue weighted by atomic mass is 10.00. The Kier molecular flexibility index (Phi) is 4.19. The van der Waals surface area contributed by atoms with Gasteiger partial charge in [-0.15, -0.1) is 0 Å². The number of carbonyl (C=O) groups excluding carboxylic acids is 1. The zero-order valence-electron chi connectivity index (χ0n) is 13.3. The second-order valence-corrected chi connectivity index (χ2v) is 6.16. The van der Waals surface area contributed by atoms with Crippen molar-refractivity contribution in [2.45, 2.75) is 25.8 Å². The summed E-state index contributed by atoms with van der Waals surface area (Å²) in [6.45, 7) is 4.83. The van der Waals surface area contributed by atoms with Crippen LogP contribution in [0, 0.1) is 13.8 Å². The molecule has 2 heterocycles. The van der Waals surface area contributed by atoms with Crippen molar-refractivity contribution in [2.24, 2.45) is 0 Å². The molecule has 0 aliphatic carbocycles. The molecule has 6 nitrogen and oxygen atoms in total. The lowest BCUT2D eigenvalue weighted by molar-refractivity contribution is 0.0785. The average molecular weight is 315 g/mol. The number of hydrogen-bond donors (Lipinski definition) is 3. The van der Waals surface area contributed by atoms with E-state index in [2.05, 4.69) is 22.4 Å². The number of nitrogens with one attached hydrogen (secondary N) is 2. The first-order valence-electron chi connectivity index (χ1n) is 7.67. The Balaban J connectivity index is 1.78. The highest BCUT2D eigenvalue weighted by Crippen LogP contribution is 2.22. The molecular formula is C17H21N3O3. The van der Waals surface area contributed by atoms with Crippen LogP contribution in [0.1, 0.15) is 28.0 Å². The number of aliphatic hydroxyl groups is 1.